The first kappa shape index (κ1) is 14.9. The van der Waals surface area contributed by atoms with Gasteiger partial charge in [0.1, 0.15) is 11.4 Å². The van der Waals surface area contributed by atoms with E-state index in [0.717, 1.165) is 11.5 Å². The smallest absolute Gasteiger partial charge is 0.341 e. The van der Waals surface area contributed by atoms with Gasteiger partial charge in [-0.15, -0.1) is 23.5 Å². The van der Waals surface area contributed by atoms with Crippen LogP contribution in [0.1, 0.15) is 5.56 Å². The molecule has 2 rings (SSSR count). The number of aliphatic carboxylic acids is 1. The molecule has 1 aromatic carbocycles. The van der Waals surface area contributed by atoms with Crippen LogP contribution in [0.25, 0.3) is 6.08 Å². The fourth-order valence-corrected chi connectivity index (χ4v) is 4.15. The van der Waals surface area contributed by atoms with Gasteiger partial charge in [0.2, 0.25) is 0 Å². The second-order valence-electron chi connectivity index (χ2n) is 3.92. The molecule has 0 amide bonds. The average Bonchev–Trinajstić information content (AvgIpc) is 2.90. The van der Waals surface area contributed by atoms with E-state index in [0.29, 0.717) is 9.80 Å². The van der Waals surface area contributed by atoms with Gasteiger partial charge in [-0.3, -0.25) is 4.79 Å². The molecular weight excluding hydrogens is 299 g/mol. The normalized spacial score (nSPS) is 14.8. The van der Waals surface area contributed by atoms with Crippen molar-refractivity contribution < 1.29 is 19.1 Å². The molecule has 104 valence electrons. The number of carboxylic acid groups (broad SMARTS) is 1. The molecule has 0 unspecified atom stereocenters. The van der Waals surface area contributed by atoms with Crippen molar-refractivity contribution in [3.63, 3.8) is 0 Å². The molecule has 1 N–H and O–H groups in total. The first-order valence-corrected chi connectivity index (χ1v) is 7.76. The Morgan fingerprint density at radius 3 is 2.55 bits per heavy atom. The highest BCUT2D eigenvalue weighted by Gasteiger charge is 2.24. The highest BCUT2D eigenvalue weighted by atomic mass is 32.2. The van der Waals surface area contributed by atoms with E-state index in [4.69, 9.17) is 5.11 Å². The summed E-state index contributed by atoms with van der Waals surface area (Å²) in [6.45, 7) is 0. The number of carboxylic acids is 1. The minimum absolute atomic E-state index is 0.204. The van der Waals surface area contributed by atoms with Gasteiger partial charge in [-0.1, -0.05) is 18.2 Å². The van der Waals surface area contributed by atoms with Gasteiger partial charge in [0.25, 0.3) is 0 Å². The maximum Gasteiger partial charge on any atom is 0.341 e. The SMILES string of the molecule is O=C(O)C(C(=O)/C=C/c1cccc(F)c1)=C1SCCS1. The van der Waals surface area contributed by atoms with Crippen LogP contribution in [0.3, 0.4) is 0 Å². The Morgan fingerprint density at radius 1 is 1.25 bits per heavy atom. The molecule has 0 bridgehead atoms. The Hall–Kier alpha value is -1.53. The van der Waals surface area contributed by atoms with E-state index in [1.54, 1.807) is 6.07 Å². The van der Waals surface area contributed by atoms with Crippen molar-refractivity contribution in [3.05, 3.63) is 51.5 Å². The highest BCUT2D eigenvalue weighted by Crippen LogP contribution is 2.39. The molecule has 1 heterocycles. The van der Waals surface area contributed by atoms with Crippen molar-refractivity contribution in [2.75, 3.05) is 11.5 Å². The quantitative estimate of drug-likeness (QED) is 0.526. The van der Waals surface area contributed by atoms with Crippen molar-refractivity contribution in [1.29, 1.82) is 0 Å². The fourth-order valence-electron chi connectivity index (χ4n) is 1.61. The third-order valence-electron chi connectivity index (χ3n) is 2.49. The van der Waals surface area contributed by atoms with Crippen molar-refractivity contribution >= 4 is 41.4 Å². The molecule has 1 aromatic rings. The number of hydrogen-bond donors (Lipinski definition) is 1. The van der Waals surface area contributed by atoms with Crippen LogP contribution in [0.4, 0.5) is 4.39 Å². The summed E-state index contributed by atoms with van der Waals surface area (Å²) >= 11 is 2.76. The lowest BCUT2D eigenvalue weighted by Crippen LogP contribution is -2.11. The number of ketones is 1. The van der Waals surface area contributed by atoms with Crippen LogP contribution in [-0.2, 0) is 9.59 Å². The van der Waals surface area contributed by atoms with Crippen LogP contribution in [0.5, 0.6) is 0 Å². The molecule has 0 spiro atoms. The number of benzene rings is 1. The van der Waals surface area contributed by atoms with E-state index in [1.807, 2.05) is 0 Å². The van der Waals surface area contributed by atoms with Gasteiger partial charge in [-0.25, -0.2) is 9.18 Å². The minimum Gasteiger partial charge on any atom is -0.477 e. The van der Waals surface area contributed by atoms with Crippen molar-refractivity contribution in [3.8, 4) is 0 Å². The summed E-state index contributed by atoms with van der Waals surface area (Å²) in [5.74, 6) is -0.595. The molecule has 20 heavy (non-hydrogen) atoms. The average molecular weight is 310 g/mol. The highest BCUT2D eigenvalue weighted by molar-refractivity contribution is 8.25. The molecule has 1 aliphatic heterocycles. The number of hydrogen-bond acceptors (Lipinski definition) is 4. The van der Waals surface area contributed by atoms with Crippen LogP contribution < -0.4 is 0 Å². The van der Waals surface area contributed by atoms with Gasteiger partial charge in [0.15, 0.2) is 5.78 Å². The first-order chi connectivity index (χ1) is 9.58. The van der Waals surface area contributed by atoms with Crippen molar-refractivity contribution in [1.82, 2.24) is 0 Å². The van der Waals surface area contributed by atoms with Crippen LogP contribution in [0, 0.1) is 5.82 Å². The Morgan fingerprint density at radius 2 is 1.95 bits per heavy atom. The van der Waals surface area contributed by atoms with Gasteiger partial charge in [-0.2, -0.15) is 0 Å². The molecule has 1 saturated heterocycles. The molecule has 0 aromatic heterocycles. The largest absolute Gasteiger partial charge is 0.477 e. The lowest BCUT2D eigenvalue weighted by Gasteiger charge is -2.01. The van der Waals surface area contributed by atoms with Gasteiger partial charge in [0, 0.05) is 11.5 Å². The van der Waals surface area contributed by atoms with Crippen LogP contribution in [0.15, 0.2) is 40.2 Å². The third kappa shape index (κ3) is 3.74. The van der Waals surface area contributed by atoms with Crippen molar-refractivity contribution in [2.24, 2.45) is 0 Å². The zero-order valence-corrected chi connectivity index (χ0v) is 12.0. The number of halogens is 1. The summed E-state index contributed by atoms with van der Waals surface area (Å²) in [5, 5.41) is 9.15. The van der Waals surface area contributed by atoms with Crippen LogP contribution in [-0.4, -0.2) is 28.4 Å². The third-order valence-corrected chi connectivity index (χ3v) is 5.20. The van der Waals surface area contributed by atoms with E-state index in [9.17, 15) is 14.0 Å². The Balaban J connectivity index is 2.21. The lowest BCUT2D eigenvalue weighted by atomic mass is 10.1. The van der Waals surface area contributed by atoms with E-state index < -0.39 is 17.6 Å². The second kappa shape index (κ2) is 6.76. The van der Waals surface area contributed by atoms with Crippen molar-refractivity contribution in [2.45, 2.75) is 0 Å². The molecule has 1 fully saturated rings. The standard InChI is InChI=1S/C14H11FO3S2/c15-10-3-1-2-9(8-10)4-5-11(16)12(13(17)18)14-19-6-7-20-14/h1-5,8H,6-7H2,(H,17,18)/b5-4+. The molecule has 0 saturated carbocycles. The van der Waals surface area contributed by atoms with Gasteiger partial charge in [-0.05, 0) is 23.8 Å². The lowest BCUT2D eigenvalue weighted by molar-refractivity contribution is -0.134. The first-order valence-electron chi connectivity index (χ1n) is 5.79. The summed E-state index contributed by atoms with van der Waals surface area (Å²) < 4.78 is 13.5. The topological polar surface area (TPSA) is 54.4 Å². The maximum absolute atomic E-state index is 13.0. The predicted octanol–water partition coefficient (Wildman–Crippen LogP) is 3.18. The van der Waals surface area contributed by atoms with Crippen LogP contribution >= 0.6 is 23.5 Å². The summed E-state index contributed by atoms with van der Waals surface area (Å²) in [5.41, 5.74) is 0.310. The molecule has 1 aliphatic rings. The van der Waals surface area contributed by atoms with E-state index in [2.05, 4.69) is 0 Å². The molecule has 3 nitrogen and oxygen atoms in total. The Kier molecular flexibility index (Phi) is 5.03. The summed E-state index contributed by atoms with van der Waals surface area (Å²) in [4.78, 5) is 23.2. The number of carbonyl (C=O) groups excluding carboxylic acids is 1. The van der Waals surface area contributed by atoms with E-state index in [-0.39, 0.29) is 5.57 Å². The molecule has 0 atom stereocenters. The number of rotatable bonds is 4. The van der Waals surface area contributed by atoms with Crippen LogP contribution in [0.2, 0.25) is 0 Å². The van der Waals surface area contributed by atoms with E-state index in [1.165, 1.54) is 53.9 Å². The minimum atomic E-state index is -1.23. The summed E-state index contributed by atoms with van der Waals surface area (Å²) in [7, 11) is 0. The molecular formula is C14H11FO3S2. The maximum atomic E-state index is 13.0. The molecule has 0 radical (unpaired) electrons. The van der Waals surface area contributed by atoms with Gasteiger partial charge in [0.05, 0.1) is 4.24 Å². The zero-order valence-electron chi connectivity index (χ0n) is 10.3. The van der Waals surface area contributed by atoms with E-state index >= 15 is 0 Å². The van der Waals surface area contributed by atoms with Gasteiger partial charge < -0.3 is 5.11 Å². The summed E-state index contributed by atoms with van der Waals surface area (Å²) in [6, 6.07) is 5.74. The molecule has 6 heteroatoms. The Labute approximate surface area is 123 Å². The fraction of sp³-hybridized carbons (Fsp3) is 0.143. The predicted molar refractivity (Wildman–Crippen MR) is 80.0 cm³/mol. The Bertz CT molecular complexity index is 600. The summed E-state index contributed by atoms with van der Waals surface area (Å²) in [6.07, 6.45) is 2.59. The number of allylic oxidation sites excluding steroid dienone is 1. The monoisotopic (exact) mass is 310 g/mol. The second-order valence-corrected chi connectivity index (χ2v) is 6.39. The molecule has 0 aliphatic carbocycles. The number of carbonyl (C=O) groups is 2. The number of thioether (sulfide) groups is 2. The zero-order chi connectivity index (χ0) is 14.5. The van der Waals surface area contributed by atoms with Gasteiger partial charge >= 0.3 is 5.97 Å².